The first-order valence-electron chi connectivity index (χ1n) is 3.83. The van der Waals surface area contributed by atoms with Crippen LogP contribution in [-0.2, 0) is 0 Å². The maximum atomic E-state index is 12.7. The molecule has 0 amide bonds. The number of nitrogens with zero attached hydrogens (tertiary/aromatic N) is 3. The first kappa shape index (κ1) is 10.6. The third kappa shape index (κ3) is 3.12. The SMILES string of the molecule is [N-]=[N+]=NCCOc1ccc(F)c(Cl)c1. The highest BCUT2D eigenvalue weighted by Gasteiger charge is 2.00. The van der Waals surface area contributed by atoms with Crippen LogP contribution < -0.4 is 4.74 Å². The Hall–Kier alpha value is -1.45. The third-order valence-electron chi connectivity index (χ3n) is 1.41. The number of rotatable bonds is 4. The van der Waals surface area contributed by atoms with Gasteiger partial charge in [-0.15, -0.1) is 0 Å². The van der Waals surface area contributed by atoms with Gasteiger partial charge < -0.3 is 4.74 Å². The number of ether oxygens (including phenoxy) is 1. The van der Waals surface area contributed by atoms with Gasteiger partial charge in [0.05, 0.1) is 18.2 Å². The molecule has 0 spiro atoms. The molecule has 74 valence electrons. The highest BCUT2D eigenvalue weighted by molar-refractivity contribution is 6.30. The van der Waals surface area contributed by atoms with Crippen LogP contribution in [0.15, 0.2) is 23.3 Å². The Morgan fingerprint density at radius 3 is 3.00 bits per heavy atom. The Kier molecular flexibility index (Phi) is 4.04. The summed E-state index contributed by atoms with van der Waals surface area (Å²) in [7, 11) is 0. The van der Waals surface area contributed by atoms with Crippen LogP contribution in [0.4, 0.5) is 4.39 Å². The van der Waals surface area contributed by atoms with Gasteiger partial charge in [0.25, 0.3) is 0 Å². The summed E-state index contributed by atoms with van der Waals surface area (Å²) in [5.74, 6) is -0.0430. The molecule has 0 aromatic heterocycles. The van der Waals surface area contributed by atoms with Crippen molar-refractivity contribution in [2.45, 2.75) is 0 Å². The fraction of sp³-hybridized carbons (Fsp3) is 0.250. The van der Waals surface area contributed by atoms with Crippen molar-refractivity contribution in [3.8, 4) is 5.75 Å². The van der Waals surface area contributed by atoms with Crippen molar-refractivity contribution in [1.82, 2.24) is 0 Å². The number of hydrogen-bond donors (Lipinski definition) is 0. The Balaban J connectivity index is 2.51. The normalized spacial score (nSPS) is 9.29. The minimum Gasteiger partial charge on any atom is -0.493 e. The van der Waals surface area contributed by atoms with Crippen LogP contribution in [0, 0.1) is 5.82 Å². The summed E-state index contributed by atoms with van der Waals surface area (Å²) in [4.78, 5) is 2.56. The Bertz CT molecular complexity index is 366. The van der Waals surface area contributed by atoms with E-state index in [4.69, 9.17) is 21.9 Å². The van der Waals surface area contributed by atoms with Crippen LogP contribution in [0.1, 0.15) is 0 Å². The second-order valence-electron chi connectivity index (χ2n) is 2.38. The zero-order chi connectivity index (χ0) is 10.4. The van der Waals surface area contributed by atoms with E-state index in [1.807, 2.05) is 0 Å². The van der Waals surface area contributed by atoms with E-state index in [1.54, 1.807) is 0 Å². The van der Waals surface area contributed by atoms with Crippen LogP contribution in [0.3, 0.4) is 0 Å². The summed E-state index contributed by atoms with van der Waals surface area (Å²) in [5, 5.41) is 3.28. The van der Waals surface area contributed by atoms with Crippen LogP contribution in [-0.4, -0.2) is 13.2 Å². The summed E-state index contributed by atoms with van der Waals surface area (Å²) in [5.41, 5.74) is 7.98. The van der Waals surface area contributed by atoms with Crippen LogP contribution in [0.25, 0.3) is 10.4 Å². The molecule has 1 aromatic rings. The van der Waals surface area contributed by atoms with Gasteiger partial charge in [0, 0.05) is 11.0 Å². The molecule has 0 saturated carbocycles. The first-order chi connectivity index (χ1) is 6.74. The van der Waals surface area contributed by atoms with E-state index >= 15 is 0 Å². The summed E-state index contributed by atoms with van der Waals surface area (Å²) in [6, 6.07) is 4.04. The zero-order valence-corrected chi connectivity index (χ0v) is 7.91. The van der Waals surface area contributed by atoms with E-state index < -0.39 is 5.82 Å². The highest BCUT2D eigenvalue weighted by atomic mass is 35.5. The van der Waals surface area contributed by atoms with Gasteiger partial charge in [-0.25, -0.2) is 4.39 Å². The molecule has 0 aliphatic carbocycles. The smallest absolute Gasteiger partial charge is 0.142 e. The predicted molar refractivity (Wildman–Crippen MR) is 50.9 cm³/mol. The summed E-state index contributed by atoms with van der Waals surface area (Å²) < 4.78 is 17.8. The molecule has 0 saturated heterocycles. The Morgan fingerprint density at radius 2 is 2.36 bits per heavy atom. The van der Waals surface area contributed by atoms with Crippen LogP contribution in [0.5, 0.6) is 5.75 Å². The van der Waals surface area contributed by atoms with Gasteiger partial charge in [-0.2, -0.15) is 0 Å². The lowest BCUT2D eigenvalue weighted by molar-refractivity contribution is 0.327. The number of hydrogen-bond acceptors (Lipinski definition) is 2. The van der Waals surface area contributed by atoms with Crippen molar-refractivity contribution in [2.24, 2.45) is 5.11 Å². The lowest BCUT2D eigenvalue weighted by Gasteiger charge is -2.04. The van der Waals surface area contributed by atoms with Crippen LogP contribution in [0.2, 0.25) is 5.02 Å². The largest absolute Gasteiger partial charge is 0.493 e. The standard InChI is InChI=1S/C8H7ClFN3O/c9-7-5-6(1-2-8(7)10)14-4-3-12-13-11/h1-2,5H,3-4H2. The van der Waals surface area contributed by atoms with Gasteiger partial charge in [0.15, 0.2) is 0 Å². The summed E-state index contributed by atoms with van der Waals surface area (Å²) in [6.07, 6.45) is 0. The minimum absolute atomic E-state index is 0.00582. The molecule has 0 atom stereocenters. The van der Waals surface area contributed by atoms with Crippen molar-refractivity contribution < 1.29 is 9.13 Å². The molecule has 1 rings (SSSR count). The summed E-state index contributed by atoms with van der Waals surface area (Å²) in [6.45, 7) is 0.470. The number of halogens is 2. The van der Waals surface area contributed by atoms with E-state index in [0.29, 0.717) is 5.75 Å². The predicted octanol–water partition coefficient (Wildman–Crippen LogP) is 3.17. The maximum Gasteiger partial charge on any atom is 0.142 e. The van der Waals surface area contributed by atoms with Crippen LogP contribution >= 0.6 is 11.6 Å². The molecule has 6 heteroatoms. The molecule has 0 fully saturated rings. The fourth-order valence-electron chi connectivity index (χ4n) is 0.816. The molecule has 0 aliphatic heterocycles. The minimum atomic E-state index is -0.492. The summed E-state index contributed by atoms with van der Waals surface area (Å²) >= 11 is 5.52. The van der Waals surface area contributed by atoms with Gasteiger partial charge in [-0.05, 0) is 17.7 Å². The van der Waals surface area contributed by atoms with E-state index in [1.165, 1.54) is 18.2 Å². The lowest BCUT2D eigenvalue weighted by atomic mass is 10.3. The molecule has 0 aliphatic rings. The average Bonchev–Trinajstić information content (AvgIpc) is 2.18. The Morgan fingerprint density at radius 1 is 1.57 bits per heavy atom. The van der Waals surface area contributed by atoms with E-state index in [0.717, 1.165) is 0 Å². The maximum absolute atomic E-state index is 12.7. The topological polar surface area (TPSA) is 58.0 Å². The zero-order valence-electron chi connectivity index (χ0n) is 7.15. The lowest BCUT2D eigenvalue weighted by Crippen LogP contribution is -2.00. The molecular weight excluding hydrogens is 209 g/mol. The highest BCUT2D eigenvalue weighted by Crippen LogP contribution is 2.20. The number of azide groups is 1. The van der Waals surface area contributed by atoms with E-state index in [9.17, 15) is 4.39 Å². The number of benzene rings is 1. The Labute approximate surface area is 84.9 Å². The molecule has 4 nitrogen and oxygen atoms in total. The molecule has 14 heavy (non-hydrogen) atoms. The van der Waals surface area contributed by atoms with Crippen molar-refractivity contribution in [3.63, 3.8) is 0 Å². The van der Waals surface area contributed by atoms with Crippen molar-refractivity contribution >= 4 is 11.6 Å². The monoisotopic (exact) mass is 215 g/mol. The average molecular weight is 216 g/mol. The fourth-order valence-corrected chi connectivity index (χ4v) is 0.986. The quantitative estimate of drug-likeness (QED) is 0.329. The molecule has 0 N–H and O–H groups in total. The molecule has 0 bridgehead atoms. The second-order valence-corrected chi connectivity index (χ2v) is 2.79. The molecule has 0 unspecified atom stereocenters. The molecule has 1 aromatic carbocycles. The van der Waals surface area contributed by atoms with Gasteiger partial charge in [0.1, 0.15) is 11.6 Å². The second kappa shape index (κ2) is 5.32. The van der Waals surface area contributed by atoms with Gasteiger partial charge >= 0.3 is 0 Å². The first-order valence-corrected chi connectivity index (χ1v) is 4.20. The molecule has 0 radical (unpaired) electrons. The van der Waals surface area contributed by atoms with Gasteiger partial charge in [0.2, 0.25) is 0 Å². The van der Waals surface area contributed by atoms with E-state index in [2.05, 4.69) is 10.0 Å². The van der Waals surface area contributed by atoms with Gasteiger partial charge in [-0.1, -0.05) is 16.7 Å². The molecule has 0 heterocycles. The van der Waals surface area contributed by atoms with E-state index in [-0.39, 0.29) is 18.2 Å². The van der Waals surface area contributed by atoms with Crippen molar-refractivity contribution in [3.05, 3.63) is 39.5 Å². The molecular formula is C8H7ClFN3O. The van der Waals surface area contributed by atoms with Crippen molar-refractivity contribution in [2.75, 3.05) is 13.2 Å². The van der Waals surface area contributed by atoms with Gasteiger partial charge in [-0.3, -0.25) is 0 Å². The van der Waals surface area contributed by atoms with Crippen molar-refractivity contribution in [1.29, 1.82) is 0 Å². The third-order valence-corrected chi connectivity index (χ3v) is 1.70.